The van der Waals surface area contributed by atoms with Gasteiger partial charge in [0.2, 0.25) is 11.7 Å². The number of methoxy groups -OCH3 is 3. The number of likely N-dealkylation sites (tertiary alicyclic amines) is 1. The Morgan fingerprint density at radius 1 is 0.968 bits per heavy atom. The molecule has 7 heteroatoms. The maximum Gasteiger partial charge on any atom is 0.253 e. The standard InChI is InChI=1S/C24H30N2O5/c1-15(2)25-23(27)19-14-26(24(28)16-9-7-6-8-10-16)13-18(19)17-11-20(29-3)22(31-5)21(12-17)30-4/h6-12,15,18-19H,13-14H2,1-5H3,(H,25,27)/t18-,19+/m1/s1. The molecule has 166 valence electrons. The Balaban J connectivity index is 1.99. The van der Waals surface area contributed by atoms with E-state index in [0.717, 1.165) is 5.56 Å². The lowest BCUT2D eigenvalue weighted by molar-refractivity contribution is -0.125. The molecule has 7 nitrogen and oxygen atoms in total. The Morgan fingerprint density at radius 3 is 2.10 bits per heavy atom. The third-order valence-corrected chi connectivity index (χ3v) is 5.51. The number of hydrogen-bond acceptors (Lipinski definition) is 5. The van der Waals surface area contributed by atoms with Crippen molar-refractivity contribution < 1.29 is 23.8 Å². The molecule has 1 heterocycles. The number of carbonyl (C=O) groups excluding carboxylic acids is 2. The van der Waals surface area contributed by atoms with Gasteiger partial charge >= 0.3 is 0 Å². The lowest BCUT2D eigenvalue weighted by atomic mass is 9.87. The van der Waals surface area contributed by atoms with Gasteiger partial charge in [-0.25, -0.2) is 0 Å². The van der Waals surface area contributed by atoms with Crippen LogP contribution in [0.15, 0.2) is 42.5 Å². The van der Waals surface area contributed by atoms with Gasteiger partial charge in [-0.3, -0.25) is 9.59 Å². The highest BCUT2D eigenvalue weighted by Crippen LogP contribution is 2.43. The summed E-state index contributed by atoms with van der Waals surface area (Å²) >= 11 is 0. The lowest BCUT2D eigenvalue weighted by Crippen LogP contribution is -2.39. The maximum atomic E-state index is 13.1. The first-order chi connectivity index (χ1) is 14.9. The molecule has 1 aliphatic heterocycles. The number of ether oxygens (including phenoxy) is 3. The van der Waals surface area contributed by atoms with Gasteiger partial charge in [-0.05, 0) is 43.7 Å². The molecule has 1 aliphatic rings. The van der Waals surface area contributed by atoms with E-state index in [0.29, 0.717) is 35.9 Å². The van der Waals surface area contributed by atoms with Gasteiger partial charge < -0.3 is 24.4 Å². The topological polar surface area (TPSA) is 77.1 Å². The zero-order valence-corrected chi connectivity index (χ0v) is 18.7. The average Bonchev–Trinajstić information content (AvgIpc) is 3.23. The second-order valence-electron chi connectivity index (χ2n) is 7.91. The van der Waals surface area contributed by atoms with Gasteiger partial charge in [-0.1, -0.05) is 18.2 Å². The van der Waals surface area contributed by atoms with Gasteiger partial charge in [0, 0.05) is 30.6 Å². The SMILES string of the molecule is COc1cc([C@H]2CN(C(=O)c3ccccc3)C[C@@H]2C(=O)NC(C)C)cc(OC)c1OC. The zero-order chi connectivity index (χ0) is 22.5. The van der Waals surface area contributed by atoms with Gasteiger partial charge in [-0.15, -0.1) is 0 Å². The summed E-state index contributed by atoms with van der Waals surface area (Å²) in [6.07, 6.45) is 0. The monoisotopic (exact) mass is 426 g/mol. The van der Waals surface area contributed by atoms with Crippen molar-refractivity contribution in [1.82, 2.24) is 10.2 Å². The Labute approximate surface area is 183 Å². The van der Waals surface area contributed by atoms with Crippen LogP contribution in [0.3, 0.4) is 0 Å². The number of nitrogens with zero attached hydrogens (tertiary/aromatic N) is 1. The second kappa shape index (κ2) is 9.73. The highest BCUT2D eigenvalue weighted by atomic mass is 16.5. The molecule has 3 rings (SSSR count). The summed E-state index contributed by atoms with van der Waals surface area (Å²) < 4.78 is 16.4. The van der Waals surface area contributed by atoms with Crippen LogP contribution in [0.25, 0.3) is 0 Å². The first-order valence-corrected chi connectivity index (χ1v) is 10.3. The van der Waals surface area contributed by atoms with Crippen LogP contribution in [0.2, 0.25) is 0 Å². The van der Waals surface area contributed by atoms with E-state index in [1.165, 1.54) is 0 Å². The number of rotatable bonds is 7. The number of carbonyl (C=O) groups is 2. The van der Waals surface area contributed by atoms with Crippen molar-refractivity contribution in [1.29, 1.82) is 0 Å². The summed E-state index contributed by atoms with van der Waals surface area (Å²) in [4.78, 5) is 27.9. The normalized spacial score (nSPS) is 18.1. The van der Waals surface area contributed by atoms with Crippen LogP contribution in [0, 0.1) is 5.92 Å². The third-order valence-electron chi connectivity index (χ3n) is 5.51. The van der Waals surface area contributed by atoms with Crippen molar-refractivity contribution in [2.24, 2.45) is 5.92 Å². The van der Waals surface area contributed by atoms with Gasteiger partial charge in [0.25, 0.3) is 5.91 Å². The van der Waals surface area contributed by atoms with Crippen LogP contribution in [0.5, 0.6) is 17.2 Å². The third kappa shape index (κ3) is 4.76. The van der Waals surface area contributed by atoms with Gasteiger partial charge in [0.15, 0.2) is 11.5 Å². The second-order valence-corrected chi connectivity index (χ2v) is 7.91. The molecular weight excluding hydrogens is 396 g/mol. The van der Waals surface area contributed by atoms with Crippen LogP contribution in [0.1, 0.15) is 35.7 Å². The number of hydrogen-bond donors (Lipinski definition) is 1. The van der Waals surface area contributed by atoms with Crippen molar-refractivity contribution in [2.75, 3.05) is 34.4 Å². The van der Waals surface area contributed by atoms with Crippen LogP contribution < -0.4 is 19.5 Å². The molecule has 1 N–H and O–H groups in total. The maximum absolute atomic E-state index is 13.1. The minimum atomic E-state index is -0.391. The smallest absolute Gasteiger partial charge is 0.253 e. The molecule has 2 amide bonds. The summed E-state index contributed by atoms with van der Waals surface area (Å²) in [5, 5.41) is 3.00. The quantitative estimate of drug-likeness (QED) is 0.736. The van der Waals surface area contributed by atoms with Crippen molar-refractivity contribution in [3.8, 4) is 17.2 Å². The van der Waals surface area contributed by atoms with Crippen LogP contribution in [-0.2, 0) is 4.79 Å². The summed E-state index contributed by atoms with van der Waals surface area (Å²) in [6.45, 7) is 4.61. The molecule has 0 spiro atoms. The van der Waals surface area contributed by atoms with Crippen LogP contribution >= 0.6 is 0 Å². The molecule has 1 fully saturated rings. The fourth-order valence-electron chi connectivity index (χ4n) is 4.04. The molecule has 0 aliphatic carbocycles. The van der Waals surface area contributed by atoms with E-state index in [1.54, 1.807) is 38.4 Å². The molecule has 31 heavy (non-hydrogen) atoms. The molecule has 0 radical (unpaired) electrons. The first kappa shape index (κ1) is 22.5. The van der Waals surface area contributed by atoms with E-state index in [1.807, 2.05) is 44.2 Å². The van der Waals surface area contributed by atoms with E-state index in [9.17, 15) is 9.59 Å². The lowest BCUT2D eigenvalue weighted by Gasteiger charge is -2.21. The summed E-state index contributed by atoms with van der Waals surface area (Å²) in [6, 6.07) is 12.9. The van der Waals surface area contributed by atoms with Crippen molar-refractivity contribution in [2.45, 2.75) is 25.8 Å². The van der Waals surface area contributed by atoms with Gasteiger partial charge in [-0.2, -0.15) is 0 Å². The molecule has 1 saturated heterocycles. The van der Waals surface area contributed by atoms with Crippen molar-refractivity contribution in [3.05, 3.63) is 53.6 Å². The van der Waals surface area contributed by atoms with Crippen molar-refractivity contribution >= 4 is 11.8 Å². The van der Waals surface area contributed by atoms with E-state index in [2.05, 4.69) is 5.32 Å². The molecule has 0 saturated carbocycles. The molecular formula is C24H30N2O5. The Hall–Kier alpha value is -3.22. The van der Waals surface area contributed by atoms with Crippen LogP contribution in [-0.4, -0.2) is 57.2 Å². The molecule has 2 aromatic carbocycles. The fourth-order valence-corrected chi connectivity index (χ4v) is 4.04. The number of benzene rings is 2. The molecule has 2 atom stereocenters. The highest BCUT2D eigenvalue weighted by Gasteiger charge is 2.41. The Morgan fingerprint density at radius 2 is 1.58 bits per heavy atom. The van der Waals surface area contributed by atoms with Gasteiger partial charge in [0.05, 0.1) is 27.2 Å². The molecule has 2 aromatic rings. The molecule has 0 unspecified atom stereocenters. The molecule has 0 aromatic heterocycles. The largest absolute Gasteiger partial charge is 0.493 e. The van der Waals surface area contributed by atoms with Crippen molar-refractivity contribution in [3.63, 3.8) is 0 Å². The minimum Gasteiger partial charge on any atom is -0.493 e. The fraction of sp³-hybridized carbons (Fsp3) is 0.417. The summed E-state index contributed by atoms with van der Waals surface area (Å²) in [5.41, 5.74) is 1.47. The minimum absolute atomic E-state index is 0.00645. The van der Waals surface area contributed by atoms with E-state index in [-0.39, 0.29) is 23.8 Å². The molecule has 0 bridgehead atoms. The number of amides is 2. The average molecular weight is 427 g/mol. The first-order valence-electron chi connectivity index (χ1n) is 10.3. The predicted octanol–water partition coefficient (Wildman–Crippen LogP) is 3.09. The Bertz CT molecular complexity index is 904. The summed E-state index contributed by atoms with van der Waals surface area (Å²) in [7, 11) is 4.67. The summed E-state index contributed by atoms with van der Waals surface area (Å²) in [5.74, 6) is 0.778. The predicted molar refractivity (Wildman–Crippen MR) is 118 cm³/mol. The van der Waals surface area contributed by atoms with E-state index < -0.39 is 5.92 Å². The van der Waals surface area contributed by atoms with Crippen LogP contribution in [0.4, 0.5) is 0 Å². The van der Waals surface area contributed by atoms with E-state index >= 15 is 0 Å². The Kier molecular flexibility index (Phi) is 7.05. The highest BCUT2D eigenvalue weighted by molar-refractivity contribution is 5.95. The van der Waals surface area contributed by atoms with E-state index in [4.69, 9.17) is 14.2 Å². The zero-order valence-electron chi connectivity index (χ0n) is 18.7. The van der Waals surface area contributed by atoms with Gasteiger partial charge in [0.1, 0.15) is 0 Å². The number of nitrogens with one attached hydrogen (secondary N) is 1.